The normalized spacial score (nSPS) is 34.8. The van der Waals surface area contributed by atoms with Crippen LogP contribution < -0.4 is 0 Å². The lowest BCUT2D eigenvalue weighted by Crippen LogP contribution is -2.54. The number of amides is 2. The Labute approximate surface area is 191 Å². The van der Waals surface area contributed by atoms with Gasteiger partial charge in [-0.1, -0.05) is 22.0 Å². The molecule has 0 radical (unpaired) electrons. The number of hydrogen-bond donors (Lipinski definition) is 3. The Morgan fingerprint density at radius 1 is 1.23 bits per heavy atom. The molecule has 1 aliphatic carbocycles. The van der Waals surface area contributed by atoms with Gasteiger partial charge < -0.3 is 20.1 Å². The molecule has 1 aromatic carbocycles. The van der Waals surface area contributed by atoms with E-state index in [0.717, 1.165) is 9.35 Å². The second kappa shape index (κ2) is 7.67. The monoisotopic (exact) mass is 507 g/mol. The van der Waals surface area contributed by atoms with Crippen LogP contribution in [0.5, 0.6) is 5.75 Å². The highest BCUT2D eigenvalue weighted by Gasteiger charge is 2.66. The van der Waals surface area contributed by atoms with Crippen molar-refractivity contribution < 1.29 is 29.6 Å². The van der Waals surface area contributed by atoms with E-state index in [1.807, 2.05) is 17.5 Å². The van der Waals surface area contributed by atoms with Gasteiger partial charge in [-0.05, 0) is 42.5 Å². The molecule has 164 valence electrons. The van der Waals surface area contributed by atoms with Gasteiger partial charge in [-0.2, -0.15) is 0 Å². The van der Waals surface area contributed by atoms with E-state index in [2.05, 4.69) is 15.9 Å². The number of nitrogens with zero attached hydrogens (tertiary/aromatic N) is 1. The fourth-order valence-electron chi connectivity index (χ4n) is 5.45. The van der Waals surface area contributed by atoms with Crippen molar-refractivity contribution in [2.24, 2.45) is 23.7 Å². The van der Waals surface area contributed by atoms with Crippen LogP contribution in [-0.2, 0) is 20.9 Å². The molecular formula is C22H22BrNO6S. The van der Waals surface area contributed by atoms with Crippen LogP contribution in [0.3, 0.4) is 0 Å². The fourth-order valence-corrected chi connectivity index (χ4v) is 6.52. The first-order valence-electron chi connectivity index (χ1n) is 10.2. The SMILES string of the molecule is O=C1[C@H]2[C@H](C[C@H](CO)[C@@]3(O)O[C@H](c4cc(Br)ccc4O)C[C@@H]23)C(=O)N1Cc1cccs1. The minimum absolute atomic E-state index is 0.0284. The summed E-state index contributed by atoms with van der Waals surface area (Å²) in [6.07, 6.45) is -0.212. The van der Waals surface area contributed by atoms with Crippen LogP contribution in [-0.4, -0.2) is 44.4 Å². The number of thiophene rings is 1. The standard InChI is InChI=1S/C22H22BrNO6S/c23-12-3-4-17(26)14(7-12)18-8-16-19-15(6-11(10-25)22(16,29)30-18)20(27)24(21(19)28)9-13-2-1-5-31-13/h1-5,7,11,15-16,18-19,25-26,29H,6,8-10H2/t11-,15+,16+,18+,19+,22-/m1/s1. The number of aromatic hydroxyl groups is 1. The summed E-state index contributed by atoms with van der Waals surface area (Å²) in [6, 6.07) is 8.71. The van der Waals surface area contributed by atoms with Crippen LogP contribution >= 0.6 is 27.3 Å². The maximum atomic E-state index is 13.3. The van der Waals surface area contributed by atoms with Gasteiger partial charge in [0.1, 0.15) is 5.75 Å². The number of phenols is 1. The van der Waals surface area contributed by atoms with E-state index in [4.69, 9.17) is 4.74 Å². The molecule has 9 heteroatoms. The molecular weight excluding hydrogens is 486 g/mol. The number of halogens is 1. The lowest BCUT2D eigenvalue weighted by atomic mass is 9.64. The topological polar surface area (TPSA) is 107 Å². The third-order valence-corrected chi connectivity index (χ3v) is 8.26. The maximum Gasteiger partial charge on any atom is 0.233 e. The van der Waals surface area contributed by atoms with Gasteiger partial charge in [0, 0.05) is 26.7 Å². The molecule has 3 heterocycles. The van der Waals surface area contributed by atoms with Crippen molar-refractivity contribution in [1.82, 2.24) is 4.90 Å². The third-order valence-electron chi connectivity index (χ3n) is 6.91. The summed E-state index contributed by atoms with van der Waals surface area (Å²) >= 11 is 4.86. The van der Waals surface area contributed by atoms with Gasteiger partial charge in [-0.25, -0.2) is 0 Å². The van der Waals surface area contributed by atoms with Gasteiger partial charge in [0.15, 0.2) is 5.79 Å². The van der Waals surface area contributed by atoms with Gasteiger partial charge in [0.05, 0.1) is 31.1 Å². The predicted octanol–water partition coefficient (Wildman–Crippen LogP) is 2.80. The zero-order valence-corrected chi connectivity index (χ0v) is 18.9. The Morgan fingerprint density at radius 3 is 2.74 bits per heavy atom. The first-order valence-corrected chi connectivity index (χ1v) is 11.9. The number of aliphatic hydroxyl groups is 2. The Balaban J connectivity index is 1.49. The summed E-state index contributed by atoms with van der Waals surface area (Å²) in [5.41, 5.74) is 0.498. The molecule has 0 unspecified atom stereocenters. The average Bonchev–Trinajstić information content (AvgIpc) is 3.43. The van der Waals surface area contributed by atoms with Crippen molar-refractivity contribution in [3.8, 4) is 5.75 Å². The highest BCUT2D eigenvalue weighted by Crippen LogP contribution is 2.58. The number of phenolic OH excluding ortho intramolecular Hbond substituents is 1. The molecule has 0 bridgehead atoms. The van der Waals surface area contributed by atoms with Gasteiger partial charge in [0.25, 0.3) is 0 Å². The van der Waals surface area contributed by atoms with Crippen LogP contribution in [0, 0.1) is 23.7 Å². The Morgan fingerprint density at radius 2 is 2.03 bits per heavy atom. The molecule has 1 aromatic heterocycles. The number of carbonyl (C=O) groups is 2. The van der Waals surface area contributed by atoms with E-state index in [9.17, 15) is 24.9 Å². The largest absolute Gasteiger partial charge is 0.508 e. The molecule has 3 N–H and O–H groups in total. The van der Waals surface area contributed by atoms with Gasteiger partial charge in [-0.3, -0.25) is 14.5 Å². The highest BCUT2D eigenvalue weighted by atomic mass is 79.9. The Kier molecular flexibility index (Phi) is 5.22. The number of ether oxygens (including phenoxy) is 1. The molecule has 6 atom stereocenters. The Hall–Kier alpha value is -1.78. The molecule has 2 saturated heterocycles. The molecule has 3 aliphatic rings. The average molecular weight is 508 g/mol. The van der Waals surface area contributed by atoms with Crippen molar-refractivity contribution >= 4 is 39.1 Å². The highest BCUT2D eigenvalue weighted by molar-refractivity contribution is 9.10. The number of carbonyl (C=O) groups excluding carboxylic acids is 2. The minimum Gasteiger partial charge on any atom is -0.508 e. The molecule has 2 amide bonds. The molecule has 1 saturated carbocycles. The number of rotatable bonds is 4. The van der Waals surface area contributed by atoms with Crippen LogP contribution in [0.4, 0.5) is 0 Å². The second-order valence-corrected chi connectivity index (χ2v) is 10.4. The number of hydrogen-bond acceptors (Lipinski definition) is 7. The molecule has 31 heavy (non-hydrogen) atoms. The lowest BCUT2D eigenvalue weighted by Gasteiger charge is -2.44. The van der Waals surface area contributed by atoms with E-state index >= 15 is 0 Å². The zero-order valence-electron chi connectivity index (χ0n) is 16.5. The number of imide groups is 1. The maximum absolute atomic E-state index is 13.3. The van der Waals surface area contributed by atoms with Crippen molar-refractivity contribution in [1.29, 1.82) is 0 Å². The van der Waals surface area contributed by atoms with E-state index in [0.29, 0.717) is 5.56 Å². The van der Waals surface area contributed by atoms with Crippen molar-refractivity contribution in [2.45, 2.75) is 31.3 Å². The van der Waals surface area contributed by atoms with Crippen LogP contribution in [0.15, 0.2) is 40.2 Å². The molecule has 2 aromatic rings. The second-order valence-electron chi connectivity index (χ2n) is 8.49. The summed E-state index contributed by atoms with van der Waals surface area (Å²) < 4.78 is 6.79. The Bertz CT molecular complexity index is 1030. The van der Waals surface area contributed by atoms with E-state index in [1.165, 1.54) is 22.3 Å². The quantitative estimate of drug-likeness (QED) is 0.549. The molecule has 5 rings (SSSR count). The minimum atomic E-state index is -1.75. The van der Waals surface area contributed by atoms with Gasteiger partial charge in [0.2, 0.25) is 11.8 Å². The third kappa shape index (κ3) is 3.25. The van der Waals surface area contributed by atoms with E-state index in [-0.39, 0.29) is 43.6 Å². The summed E-state index contributed by atoms with van der Waals surface area (Å²) in [5, 5.41) is 33.7. The predicted molar refractivity (Wildman–Crippen MR) is 115 cm³/mol. The number of aliphatic hydroxyl groups excluding tert-OH is 1. The van der Waals surface area contributed by atoms with E-state index in [1.54, 1.807) is 12.1 Å². The first-order chi connectivity index (χ1) is 14.8. The summed E-state index contributed by atoms with van der Waals surface area (Å²) in [5.74, 6) is -4.92. The molecule has 2 aliphatic heterocycles. The van der Waals surface area contributed by atoms with Gasteiger partial charge >= 0.3 is 0 Å². The lowest BCUT2D eigenvalue weighted by molar-refractivity contribution is -0.274. The number of benzene rings is 1. The number of likely N-dealkylation sites (tertiary alicyclic amines) is 1. The van der Waals surface area contributed by atoms with Crippen molar-refractivity contribution in [3.05, 3.63) is 50.6 Å². The van der Waals surface area contributed by atoms with Crippen molar-refractivity contribution in [2.75, 3.05) is 6.61 Å². The van der Waals surface area contributed by atoms with Crippen LogP contribution in [0.1, 0.15) is 29.4 Å². The smallest absolute Gasteiger partial charge is 0.233 e. The molecule has 3 fully saturated rings. The zero-order chi connectivity index (χ0) is 21.9. The summed E-state index contributed by atoms with van der Waals surface area (Å²) in [7, 11) is 0. The number of fused-ring (bicyclic) bond motifs is 3. The summed E-state index contributed by atoms with van der Waals surface area (Å²) in [4.78, 5) is 28.7. The van der Waals surface area contributed by atoms with Crippen LogP contribution in [0.25, 0.3) is 0 Å². The van der Waals surface area contributed by atoms with Crippen molar-refractivity contribution in [3.63, 3.8) is 0 Å². The summed E-state index contributed by atoms with van der Waals surface area (Å²) in [6.45, 7) is -0.145. The molecule has 7 nitrogen and oxygen atoms in total. The van der Waals surface area contributed by atoms with E-state index < -0.39 is 35.6 Å². The first kappa shape index (κ1) is 21.1. The van der Waals surface area contributed by atoms with Gasteiger partial charge in [-0.15, -0.1) is 11.3 Å². The molecule has 0 spiro atoms. The fraction of sp³-hybridized carbons (Fsp3) is 0.455. The van der Waals surface area contributed by atoms with Crippen LogP contribution in [0.2, 0.25) is 0 Å².